The molecule has 4 rings (SSSR count). The minimum atomic E-state index is 0.694. The molecule has 0 saturated carbocycles. The molecule has 0 N–H and O–H groups in total. The van der Waals surface area contributed by atoms with E-state index in [9.17, 15) is 0 Å². The van der Waals surface area contributed by atoms with Crippen molar-refractivity contribution in [1.82, 2.24) is 9.88 Å². The molecule has 3 heteroatoms. The van der Waals surface area contributed by atoms with Crippen molar-refractivity contribution in [3.63, 3.8) is 0 Å². The van der Waals surface area contributed by atoms with E-state index >= 15 is 0 Å². The molecule has 0 unspecified atom stereocenters. The monoisotopic (exact) mass is 386 g/mol. The normalized spacial score (nSPS) is 15.3. The summed E-state index contributed by atoms with van der Waals surface area (Å²) in [6.45, 7) is 4.26. The Morgan fingerprint density at radius 3 is 2.24 bits per heavy atom. The fourth-order valence-corrected chi connectivity index (χ4v) is 4.14. The molecule has 29 heavy (non-hydrogen) atoms. The lowest BCUT2D eigenvalue weighted by molar-refractivity contribution is 0.193. The van der Waals surface area contributed by atoms with Crippen molar-refractivity contribution in [2.24, 2.45) is 0 Å². The Labute approximate surface area is 174 Å². The van der Waals surface area contributed by atoms with E-state index in [0.29, 0.717) is 5.92 Å². The lowest BCUT2D eigenvalue weighted by Gasteiger charge is -2.32. The van der Waals surface area contributed by atoms with Crippen LogP contribution in [0.25, 0.3) is 0 Å². The van der Waals surface area contributed by atoms with Crippen molar-refractivity contribution in [3.05, 3.63) is 95.8 Å². The molecule has 0 spiro atoms. The van der Waals surface area contributed by atoms with Crippen LogP contribution in [0.1, 0.15) is 41.9 Å². The zero-order valence-corrected chi connectivity index (χ0v) is 17.0. The summed E-state index contributed by atoms with van der Waals surface area (Å²) in [5.41, 5.74) is 4.10. The molecule has 0 atom stereocenters. The van der Waals surface area contributed by atoms with Crippen LogP contribution < -0.4 is 4.74 Å². The molecular formula is C26H30N2O. The highest BCUT2D eigenvalue weighted by Gasteiger charge is 2.20. The van der Waals surface area contributed by atoms with E-state index in [4.69, 9.17) is 4.74 Å². The smallest absolute Gasteiger partial charge is 0.119 e. The van der Waals surface area contributed by atoms with Crippen molar-refractivity contribution < 1.29 is 4.74 Å². The third-order valence-corrected chi connectivity index (χ3v) is 5.83. The van der Waals surface area contributed by atoms with Gasteiger partial charge < -0.3 is 9.64 Å². The Bertz CT molecular complexity index is 841. The van der Waals surface area contributed by atoms with Gasteiger partial charge in [-0.1, -0.05) is 42.5 Å². The number of benzene rings is 2. The maximum Gasteiger partial charge on any atom is 0.119 e. The first-order valence-electron chi connectivity index (χ1n) is 10.7. The minimum Gasteiger partial charge on any atom is -0.494 e. The Hall–Kier alpha value is -2.65. The summed E-state index contributed by atoms with van der Waals surface area (Å²) in [7, 11) is 0. The van der Waals surface area contributed by atoms with Gasteiger partial charge in [0.05, 0.1) is 6.61 Å². The summed E-state index contributed by atoms with van der Waals surface area (Å²) >= 11 is 0. The van der Waals surface area contributed by atoms with Crippen LogP contribution in [0, 0.1) is 0 Å². The van der Waals surface area contributed by atoms with Gasteiger partial charge in [0.1, 0.15) is 5.75 Å². The molecular weight excluding hydrogens is 356 g/mol. The van der Waals surface area contributed by atoms with E-state index in [2.05, 4.69) is 76.6 Å². The average molecular weight is 387 g/mol. The van der Waals surface area contributed by atoms with Crippen LogP contribution in [0.4, 0.5) is 0 Å². The molecule has 2 heterocycles. The van der Waals surface area contributed by atoms with Gasteiger partial charge in [-0.2, -0.15) is 0 Å². The maximum absolute atomic E-state index is 5.96. The van der Waals surface area contributed by atoms with Crippen molar-refractivity contribution in [2.75, 3.05) is 26.2 Å². The van der Waals surface area contributed by atoms with Gasteiger partial charge in [-0.15, -0.1) is 0 Å². The standard InChI is InChI=1S/C26H30N2O/c1-2-5-22(6-3-1)21-23-7-9-26(10-8-23)29-20-4-17-28-18-13-25(14-19-28)24-11-15-27-16-12-24/h1-3,5-12,15-16,25H,4,13-14,17-21H2. The Kier molecular flexibility index (Phi) is 6.93. The Morgan fingerprint density at radius 2 is 1.52 bits per heavy atom. The van der Waals surface area contributed by atoms with E-state index in [1.54, 1.807) is 0 Å². The predicted octanol–water partition coefficient (Wildman–Crippen LogP) is 5.32. The fraction of sp³-hybridized carbons (Fsp3) is 0.346. The van der Waals surface area contributed by atoms with Crippen molar-refractivity contribution >= 4 is 0 Å². The molecule has 1 aliphatic rings. The minimum absolute atomic E-state index is 0.694. The number of rotatable bonds is 8. The van der Waals surface area contributed by atoms with Gasteiger partial charge in [-0.3, -0.25) is 4.98 Å². The number of nitrogens with zero attached hydrogens (tertiary/aromatic N) is 2. The molecule has 1 saturated heterocycles. The van der Waals surface area contributed by atoms with E-state index in [1.165, 1.54) is 42.6 Å². The molecule has 1 fully saturated rings. The van der Waals surface area contributed by atoms with Gasteiger partial charge in [0.2, 0.25) is 0 Å². The lowest BCUT2D eigenvalue weighted by Crippen LogP contribution is -2.34. The van der Waals surface area contributed by atoms with Crippen LogP contribution in [-0.4, -0.2) is 36.1 Å². The van der Waals surface area contributed by atoms with E-state index < -0.39 is 0 Å². The average Bonchev–Trinajstić information content (AvgIpc) is 2.79. The molecule has 0 amide bonds. The number of aromatic nitrogens is 1. The molecule has 3 aromatic rings. The molecule has 1 aromatic heterocycles. The molecule has 150 valence electrons. The zero-order chi connectivity index (χ0) is 19.7. The summed E-state index contributed by atoms with van der Waals surface area (Å²) in [5.74, 6) is 1.66. The van der Waals surface area contributed by atoms with Crippen LogP contribution in [-0.2, 0) is 6.42 Å². The number of hydrogen-bond donors (Lipinski definition) is 0. The Morgan fingerprint density at radius 1 is 0.828 bits per heavy atom. The molecule has 2 aromatic carbocycles. The van der Waals surface area contributed by atoms with Crippen LogP contribution >= 0.6 is 0 Å². The van der Waals surface area contributed by atoms with E-state index in [-0.39, 0.29) is 0 Å². The lowest BCUT2D eigenvalue weighted by atomic mass is 9.90. The van der Waals surface area contributed by atoms with Crippen LogP contribution in [0.2, 0.25) is 0 Å². The highest BCUT2D eigenvalue weighted by molar-refractivity contribution is 5.31. The van der Waals surface area contributed by atoms with Crippen LogP contribution in [0.3, 0.4) is 0 Å². The van der Waals surface area contributed by atoms with Gasteiger partial charge in [-0.25, -0.2) is 0 Å². The van der Waals surface area contributed by atoms with E-state index in [1.807, 2.05) is 12.4 Å². The summed E-state index contributed by atoms with van der Waals surface area (Å²) in [5, 5.41) is 0. The van der Waals surface area contributed by atoms with Crippen LogP contribution in [0.15, 0.2) is 79.1 Å². The first-order chi connectivity index (χ1) is 14.4. The third kappa shape index (κ3) is 5.91. The molecule has 3 nitrogen and oxygen atoms in total. The second-order valence-electron chi connectivity index (χ2n) is 7.90. The summed E-state index contributed by atoms with van der Waals surface area (Å²) in [6.07, 6.45) is 8.35. The number of hydrogen-bond acceptors (Lipinski definition) is 3. The largest absolute Gasteiger partial charge is 0.494 e. The maximum atomic E-state index is 5.96. The fourth-order valence-electron chi connectivity index (χ4n) is 4.14. The SMILES string of the molecule is c1ccc(Cc2ccc(OCCCN3CCC(c4ccncc4)CC3)cc2)cc1. The highest BCUT2D eigenvalue weighted by atomic mass is 16.5. The molecule has 1 aliphatic heterocycles. The predicted molar refractivity (Wildman–Crippen MR) is 118 cm³/mol. The van der Waals surface area contributed by atoms with Crippen molar-refractivity contribution in [2.45, 2.75) is 31.6 Å². The molecule has 0 bridgehead atoms. The number of ether oxygens (including phenoxy) is 1. The number of pyridine rings is 1. The highest BCUT2D eigenvalue weighted by Crippen LogP contribution is 2.27. The first-order valence-corrected chi connectivity index (χ1v) is 10.7. The van der Waals surface area contributed by atoms with Gasteiger partial charge in [0.25, 0.3) is 0 Å². The molecule has 0 aliphatic carbocycles. The van der Waals surface area contributed by atoms with E-state index in [0.717, 1.165) is 31.7 Å². The number of piperidine rings is 1. The van der Waals surface area contributed by atoms with Gasteiger partial charge >= 0.3 is 0 Å². The van der Waals surface area contributed by atoms with Crippen molar-refractivity contribution in [1.29, 1.82) is 0 Å². The van der Waals surface area contributed by atoms with Gasteiger partial charge in [0, 0.05) is 18.9 Å². The van der Waals surface area contributed by atoms with Gasteiger partial charge in [-0.05, 0) is 85.6 Å². The quantitative estimate of drug-likeness (QED) is 0.490. The zero-order valence-electron chi connectivity index (χ0n) is 17.0. The molecule has 0 radical (unpaired) electrons. The Balaban J connectivity index is 1.14. The number of likely N-dealkylation sites (tertiary alicyclic amines) is 1. The topological polar surface area (TPSA) is 25.4 Å². The second-order valence-corrected chi connectivity index (χ2v) is 7.90. The summed E-state index contributed by atoms with van der Waals surface area (Å²) in [4.78, 5) is 6.70. The third-order valence-electron chi connectivity index (χ3n) is 5.83. The summed E-state index contributed by atoms with van der Waals surface area (Å²) in [6, 6.07) is 23.5. The van der Waals surface area contributed by atoms with Crippen molar-refractivity contribution in [3.8, 4) is 5.75 Å². The second kappa shape index (κ2) is 10.2. The van der Waals surface area contributed by atoms with Crippen LogP contribution in [0.5, 0.6) is 5.75 Å². The first kappa shape index (κ1) is 19.7. The van der Waals surface area contributed by atoms with Gasteiger partial charge in [0.15, 0.2) is 0 Å². The summed E-state index contributed by atoms with van der Waals surface area (Å²) < 4.78 is 5.96.